The number of rotatable bonds is 8. The number of hydrogen-bond donors (Lipinski definition) is 4. The van der Waals surface area contributed by atoms with E-state index in [1.165, 1.54) is 24.4 Å². The topological polar surface area (TPSA) is 128 Å². The van der Waals surface area contributed by atoms with E-state index in [-0.39, 0.29) is 17.2 Å². The molecule has 0 radical (unpaired) electrons. The van der Waals surface area contributed by atoms with E-state index >= 15 is 0 Å². The maximum absolute atomic E-state index is 14.4. The summed E-state index contributed by atoms with van der Waals surface area (Å²) < 4.78 is 20.1. The highest BCUT2D eigenvalue weighted by atomic mass is 19.1. The molecule has 0 saturated heterocycles. The summed E-state index contributed by atoms with van der Waals surface area (Å²) in [6, 6.07) is 21.2. The standard InChI is InChI=1S/C25H23FN6O2/c26-21-11-8-18(22-13-29-23(27)24(31-22)32-28)12-20(21)25(33)30-19-9-6-17(7-10-19)15-34-14-16-4-2-1-3-5-16/h1-13H,14-15,28H2,(H2,27,29)(H,30,33)(H,31,32). The molecule has 0 aliphatic rings. The van der Waals surface area contributed by atoms with Gasteiger partial charge in [-0.3, -0.25) is 4.79 Å². The fourth-order valence-electron chi connectivity index (χ4n) is 3.25. The molecule has 4 aromatic rings. The lowest BCUT2D eigenvalue weighted by molar-refractivity contribution is 0.102. The summed E-state index contributed by atoms with van der Waals surface area (Å²) in [6.07, 6.45) is 1.42. The zero-order valence-electron chi connectivity index (χ0n) is 18.2. The Morgan fingerprint density at radius 1 is 0.971 bits per heavy atom. The minimum atomic E-state index is -0.659. The van der Waals surface area contributed by atoms with Crippen molar-refractivity contribution in [3.8, 4) is 11.3 Å². The molecule has 0 bridgehead atoms. The number of ether oxygens (including phenoxy) is 1. The normalized spacial score (nSPS) is 10.6. The number of benzene rings is 3. The van der Waals surface area contributed by atoms with E-state index in [0.29, 0.717) is 30.2 Å². The van der Waals surface area contributed by atoms with E-state index in [1.54, 1.807) is 12.1 Å². The van der Waals surface area contributed by atoms with E-state index in [1.807, 2.05) is 42.5 Å². The fraction of sp³-hybridized carbons (Fsp3) is 0.0800. The van der Waals surface area contributed by atoms with E-state index in [4.69, 9.17) is 16.3 Å². The molecule has 0 unspecified atom stereocenters. The zero-order chi connectivity index (χ0) is 23.9. The van der Waals surface area contributed by atoms with Crippen molar-refractivity contribution < 1.29 is 13.9 Å². The summed E-state index contributed by atoms with van der Waals surface area (Å²) in [5.74, 6) is 4.44. The summed E-state index contributed by atoms with van der Waals surface area (Å²) >= 11 is 0. The molecule has 0 spiro atoms. The van der Waals surface area contributed by atoms with Crippen molar-refractivity contribution in [3.63, 3.8) is 0 Å². The smallest absolute Gasteiger partial charge is 0.258 e. The summed E-state index contributed by atoms with van der Waals surface area (Å²) in [5, 5.41) is 2.71. The van der Waals surface area contributed by atoms with Crippen molar-refractivity contribution in [2.45, 2.75) is 13.2 Å². The van der Waals surface area contributed by atoms with Crippen LogP contribution in [0, 0.1) is 5.82 Å². The SMILES string of the molecule is NNc1nc(-c2ccc(F)c(C(=O)Nc3ccc(COCc4ccccc4)cc3)c2)cnc1N. The van der Waals surface area contributed by atoms with Gasteiger partial charge in [-0.15, -0.1) is 0 Å². The lowest BCUT2D eigenvalue weighted by Gasteiger charge is -2.10. The minimum absolute atomic E-state index is 0.125. The van der Waals surface area contributed by atoms with Crippen LogP contribution in [0.4, 0.5) is 21.7 Å². The van der Waals surface area contributed by atoms with E-state index < -0.39 is 11.7 Å². The fourth-order valence-corrected chi connectivity index (χ4v) is 3.25. The molecule has 0 aliphatic heterocycles. The Balaban J connectivity index is 1.41. The van der Waals surface area contributed by atoms with Gasteiger partial charge in [-0.1, -0.05) is 42.5 Å². The molecule has 1 aromatic heterocycles. The monoisotopic (exact) mass is 458 g/mol. The van der Waals surface area contributed by atoms with Crippen LogP contribution in [0.25, 0.3) is 11.3 Å². The Morgan fingerprint density at radius 2 is 1.68 bits per heavy atom. The molecular formula is C25H23FN6O2. The maximum Gasteiger partial charge on any atom is 0.258 e. The largest absolute Gasteiger partial charge is 0.381 e. The zero-order valence-corrected chi connectivity index (χ0v) is 18.2. The highest BCUT2D eigenvalue weighted by molar-refractivity contribution is 6.05. The predicted octanol–water partition coefficient (Wildman–Crippen LogP) is 4.12. The van der Waals surface area contributed by atoms with Crippen LogP contribution in [-0.4, -0.2) is 15.9 Å². The molecule has 0 atom stereocenters. The van der Waals surface area contributed by atoms with Crippen LogP contribution < -0.4 is 22.3 Å². The molecule has 6 N–H and O–H groups in total. The predicted molar refractivity (Wildman–Crippen MR) is 129 cm³/mol. The lowest BCUT2D eigenvalue weighted by Crippen LogP contribution is -2.14. The van der Waals surface area contributed by atoms with Crippen molar-refractivity contribution in [1.29, 1.82) is 0 Å². The lowest BCUT2D eigenvalue weighted by atomic mass is 10.1. The van der Waals surface area contributed by atoms with Gasteiger partial charge >= 0.3 is 0 Å². The quantitative estimate of drug-likeness (QED) is 0.231. The molecule has 4 rings (SSSR count). The van der Waals surface area contributed by atoms with Crippen molar-refractivity contribution in [1.82, 2.24) is 9.97 Å². The van der Waals surface area contributed by atoms with Crippen LogP contribution in [0.15, 0.2) is 79.0 Å². The Bertz CT molecular complexity index is 1280. The van der Waals surface area contributed by atoms with Crippen molar-refractivity contribution >= 4 is 23.2 Å². The summed E-state index contributed by atoms with van der Waals surface area (Å²) in [5.41, 5.74) is 11.4. The second-order valence-electron chi connectivity index (χ2n) is 7.46. The minimum Gasteiger partial charge on any atom is -0.381 e. The molecule has 0 fully saturated rings. The van der Waals surface area contributed by atoms with Gasteiger partial charge in [0.15, 0.2) is 11.6 Å². The van der Waals surface area contributed by atoms with Crippen molar-refractivity contribution in [3.05, 3.63) is 102 Å². The average Bonchev–Trinajstić information content (AvgIpc) is 2.86. The number of nitrogens with zero attached hydrogens (tertiary/aromatic N) is 2. The number of anilines is 3. The number of aromatic nitrogens is 2. The van der Waals surface area contributed by atoms with Gasteiger partial charge in [0.2, 0.25) is 0 Å². The van der Waals surface area contributed by atoms with Gasteiger partial charge in [-0.2, -0.15) is 0 Å². The first-order valence-corrected chi connectivity index (χ1v) is 10.4. The van der Waals surface area contributed by atoms with Crippen LogP contribution in [0.5, 0.6) is 0 Å². The van der Waals surface area contributed by atoms with Gasteiger partial charge in [0, 0.05) is 11.3 Å². The van der Waals surface area contributed by atoms with Crippen LogP contribution in [0.1, 0.15) is 21.5 Å². The van der Waals surface area contributed by atoms with E-state index in [9.17, 15) is 9.18 Å². The van der Waals surface area contributed by atoms with E-state index in [2.05, 4.69) is 20.7 Å². The number of carbonyl (C=O) groups is 1. The number of amides is 1. The Labute approximate surface area is 195 Å². The van der Waals surface area contributed by atoms with Crippen molar-refractivity contribution in [2.24, 2.45) is 5.84 Å². The average molecular weight is 458 g/mol. The third kappa shape index (κ3) is 5.52. The third-order valence-corrected chi connectivity index (χ3v) is 5.04. The second-order valence-corrected chi connectivity index (χ2v) is 7.46. The molecule has 1 amide bonds. The molecule has 1 heterocycles. The molecule has 0 saturated carbocycles. The Hall–Kier alpha value is -4.34. The number of halogens is 1. The van der Waals surface area contributed by atoms with Gasteiger partial charge in [-0.25, -0.2) is 20.2 Å². The summed E-state index contributed by atoms with van der Waals surface area (Å²) in [6.45, 7) is 0.943. The maximum atomic E-state index is 14.4. The number of nitrogen functional groups attached to an aromatic ring is 2. The van der Waals surface area contributed by atoms with Gasteiger partial charge in [0.05, 0.1) is 30.7 Å². The molecule has 9 heteroatoms. The van der Waals surface area contributed by atoms with Crippen LogP contribution in [-0.2, 0) is 18.0 Å². The molecule has 34 heavy (non-hydrogen) atoms. The first kappa shape index (κ1) is 22.8. The Kier molecular flexibility index (Phi) is 7.07. The van der Waals surface area contributed by atoms with Gasteiger partial charge in [-0.05, 0) is 41.5 Å². The second kappa shape index (κ2) is 10.5. The molecule has 8 nitrogen and oxygen atoms in total. The van der Waals surface area contributed by atoms with Crippen LogP contribution >= 0.6 is 0 Å². The number of nitrogens with two attached hydrogens (primary N) is 2. The van der Waals surface area contributed by atoms with E-state index in [0.717, 1.165) is 11.1 Å². The highest BCUT2D eigenvalue weighted by Crippen LogP contribution is 2.24. The number of carbonyl (C=O) groups excluding carboxylic acids is 1. The van der Waals surface area contributed by atoms with Gasteiger partial charge in [0.25, 0.3) is 5.91 Å². The third-order valence-electron chi connectivity index (χ3n) is 5.04. The van der Waals surface area contributed by atoms with Crippen molar-refractivity contribution in [2.75, 3.05) is 16.5 Å². The van der Waals surface area contributed by atoms with Crippen LogP contribution in [0.2, 0.25) is 0 Å². The molecule has 172 valence electrons. The first-order chi connectivity index (χ1) is 16.5. The summed E-state index contributed by atoms with van der Waals surface area (Å²) in [4.78, 5) is 21.0. The molecular weight excluding hydrogens is 435 g/mol. The number of nitrogens with one attached hydrogen (secondary N) is 2. The Morgan fingerprint density at radius 3 is 2.38 bits per heavy atom. The van der Waals surface area contributed by atoms with Gasteiger partial charge in [0.1, 0.15) is 5.82 Å². The van der Waals surface area contributed by atoms with Crippen LogP contribution in [0.3, 0.4) is 0 Å². The number of hydrazine groups is 1. The highest BCUT2D eigenvalue weighted by Gasteiger charge is 2.15. The van der Waals surface area contributed by atoms with Gasteiger partial charge < -0.3 is 21.2 Å². The number of hydrogen-bond acceptors (Lipinski definition) is 7. The molecule has 3 aromatic carbocycles. The molecule has 0 aliphatic carbocycles. The first-order valence-electron chi connectivity index (χ1n) is 10.4. The summed E-state index contributed by atoms with van der Waals surface area (Å²) in [7, 11) is 0.